The van der Waals surface area contributed by atoms with Crippen molar-refractivity contribution in [3.05, 3.63) is 33.3 Å². The van der Waals surface area contributed by atoms with Gasteiger partial charge in [0.1, 0.15) is 5.69 Å². The van der Waals surface area contributed by atoms with Crippen LogP contribution in [0.15, 0.2) is 18.2 Å². The summed E-state index contributed by atoms with van der Waals surface area (Å²) in [5, 5.41) is 14.1. The molecule has 1 atom stereocenters. The first-order chi connectivity index (χ1) is 7.50. The number of nitro groups is 1. The first-order valence-electron chi connectivity index (χ1n) is 4.94. The number of nitrogens with zero attached hydrogens (tertiary/aromatic N) is 1. The molecule has 0 fully saturated rings. The number of nitro benzene ring substituents is 1. The second-order valence-corrected chi connectivity index (χ2v) is 4.05. The third-order valence-corrected chi connectivity index (χ3v) is 2.31. The lowest BCUT2D eigenvalue weighted by Gasteiger charge is -2.08. The summed E-state index contributed by atoms with van der Waals surface area (Å²) >= 11 is 5.69. The van der Waals surface area contributed by atoms with Gasteiger partial charge >= 0.3 is 0 Å². The van der Waals surface area contributed by atoms with Crippen molar-refractivity contribution in [3.8, 4) is 0 Å². The highest BCUT2D eigenvalue weighted by Gasteiger charge is 2.13. The summed E-state index contributed by atoms with van der Waals surface area (Å²) in [7, 11) is 0. The second kappa shape index (κ2) is 5.67. The zero-order valence-corrected chi connectivity index (χ0v) is 9.70. The van der Waals surface area contributed by atoms with Crippen LogP contribution < -0.4 is 11.1 Å². The fourth-order valence-electron chi connectivity index (χ4n) is 1.24. The topological polar surface area (TPSA) is 81.2 Å². The number of benzene rings is 1. The van der Waals surface area contributed by atoms with Gasteiger partial charge in [-0.2, -0.15) is 0 Å². The van der Waals surface area contributed by atoms with Gasteiger partial charge in [0.05, 0.1) is 4.92 Å². The van der Waals surface area contributed by atoms with Crippen molar-refractivity contribution in [2.45, 2.75) is 19.4 Å². The number of halogens is 1. The fourth-order valence-corrected chi connectivity index (χ4v) is 1.41. The summed E-state index contributed by atoms with van der Waals surface area (Å²) in [5.41, 5.74) is 6.03. The first kappa shape index (κ1) is 12.7. The van der Waals surface area contributed by atoms with Gasteiger partial charge in [0.15, 0.2) is 0 Å². The van der Waals surface area contributed by atoms with E-state index in [1.54, 1.807) is 12.1 Å². The summed E-state index contributed by atoms with van der Waals surface area (Å²) in [6, 6.07) is 4.61. The van der Waals surface area contributed by atoms with Crippen LogP contribution in [0.25, 0.3) is 0 Å². The van der Waals surface area contributed by atoms with Crippen LogP contribution in [-0.4, -0.2) is 17.5 Å². The zero-order chi connectivity index (χ0) is 12.1. The van der Waals surface area contributed by atoms with Crippen LogP contribution in [0.2, 0.25) is 5.02 Å². The van der Waals surface area contributed by atoms with Gasteiger partial charge in [-0.15, -0.1) is 0 Å². The van der Waals surface area contributed by atoms with E-state index < -0.39 is 4.92 Å². The second-order valence-electron chi connectivity index (χ2n) is 3.61. The Morgan fingerprint density at radius 2 is 2.31 bits per heavy atom. The molecule has 0 amide bonds. The maximum atomic E-state index is 10.8. The molecular weight excluding hydrogens is 230 g/mol. The van der Waals surface area contributed by atoms with Gasteiger partial charge in [-0.05, 0) is 25.5 Å². The van der Waals surface area contributed by atoms with Gasteiger partial charge in [0, 0.05) is 23.7 Å². The first-order valence-corrected chi connectivity index (χ1v) is 5.32. The molecule has 3 N–H and O–H groups in total. The molecule has 1 rings (SSSR count). The quantitative estimate of drug-likeness (QED) is 0.615. The molecule has 0 radical (unpaired) electrons. The van der Waals surface area contributed by atoms with Gasteiger partial charge in [0.25, 0.3) is 5.69 Å². The Bertz CT molecular complexity index is 382. The van der Waals surface area contributed by atoms with Crippen molar-refractivity contribution < 1.29 is 4.92 Å². The van der Waals surface area contributed by atoms with Crippen LogP contribution in [0.1, 0.15) is 13.3 Å². The molecule has 1 aromatic carbocycles. The molecule has 0 heterocycles. The van der Waals surface area contributed by atoms with Gasteiger partial charge in [-0.1, -0.05) is 11.6 Å². The van der Waals surface area contributed by atoms with Crippen molar-refractivity contribution >= 4 is 23.0 Å². The Morgan fingerprint density at radius 1 is 1.62 bits per heavy atom. The highest BCUT2D eigenvalue weighted by Crippen LogP contribution is 2.27. The molecule has 1 aromatic rings. The largest absolute Gasteiger partial charge is 0.379 e. The van der Waals surface area contributed by atoms with Crippen LogP contribution in [0, 0.1) is 10.1 Å². The molecule has 0 saturated carbocycles. The minimum atomic E-state index is -0.458. The lowest BCUT2D eigenvalue weighted by molar-refractivity contribution is -0.383. The number of rotatable bonds is 5. The molecule has 5 nitrogen and oxygen atoms in total. The summed E-state index contributed by atoms with van der Waals surface area (Å²) in [6.45, 7) is 2.48. The highest BCUT2D eigenvalue weighted by molar-refractivity contribution is 6.30. The molecule has 0 aromatic heterocycles. The summed E-state index contributed by atoms with van der Waals surface area (Å²) in [4.78, 5) is 10.3. The normalized spacial score (nSPS) is 12.2. The predicted molar refractivity (Wildman–Crippen MR) is 64.9 cm³/mol. The standard InChI is InChI=1S/C10H14ClN3O2/c1-7(12)4-5-13-9-3-2-8(11)6-10(9)14(15)16/h2-3,6-7,13H,4-5,12H2,1H3. The van der Waals surface area contributed by atoms with Crippen molar-refractivity contribution in [3.63, 3.8) is 0 Å². The molecule has 0 spiro atoms. The van der Waals surface area contributed by atoms with E-state index in [1.165, 1.54) is 6.07 Å². The smallest absolute Gasteiger partial charge is 0.293 e. The average molecular weight is 244 g/mol. The maximum absolute atomic E-state index is 10.8. The molecule has 0 aliphatic carbocycles. The summed E-state index contributed by atoms with van der Waals surface area (Å²) in [6.07, 6.45) is 0.750. The Balaban J connectivity index is 2.75. The Kier molecular flexibility index (Phi) is 4.52. The van der Waals surface area contributed by atoms with E-state index >= 15 is 0 Å². The van der Waals surface area contributed by atoms with E-state index in [0.29, 0.717) is 17.3 Å². The van der Waals surface area contributed by atoms with Gasteiger partial charge in [-0.3, -0.25) is 10.1 Å². The lowest BCUT2D eigenvalue weighted by atomic mass is 10.2. The Hall–Kier alpha value is -1.33. The average Bonchev–Trinajstić information content (AvgIpc) is 2.19. The molecule has 0 saturated heterocycles. The van der Waals surface area contributed by atoms with Crippen molar-refractivity contribution in [2.24, 2.45) is 5.73 Å². The SMILES string of the molecule is CC(N)CCNc1ccc(Cl)cc1[N+](=O)[O-]. The molecule has 88 valence electrons. The van der Waals surface area contributed by atoms with Crippen molar-refractivity contribution in [2.75, 3.05) is 11.9 Å². The number of nitrogens with one attached hydrogen (secondary N) is 1. The third kappa shape index (κ3) is 3.67. The van der Waals surface area contributed by atoms with Crippen LogP contribution in [-0.2, 0) is 0 Å². The Labute approximate surface area is 98.7 Å². The van der Waals surface area contributed by atoms with Gasteiger partial charge in [-0.25, -0.2) is 0 Å². The predicted octanol–water partition coefficient (Wildman–Crippen LogP) is 2.40. The van der Waals surface area contributed by atoms with Crippen molar-refractivity contribution in [1.82, 2.24) is 0 Å². The maximum Gasteiger partial charge on any atom is 0.293 e. The molecule has 0 bridgehead atoms. The van der Waals surface area contributed by atoms with Gasteiger partial charge < -0.3 is 11.1 Å². The van der Waals surface area contributed by atoms with E-state index in [2.05, 4.69) is 5.32 Å². The molecule has 16 heavy (non-hydrogen) atoms. The fraction of sp³-hybridized carbons (Fsp3) is 0.400. The van der Waals surface area contributed by atoms with E-state index in [0.717, 1.165) is 6.42 Å². The van der Waals surface area contributed by atoms with Crippen LogP contribution in [0.4, 0.5) is 11.4 Å². The van der Waals surface area contributed by atoms with E-state index in [-0.39, 0.29) is 11.7 Å². The van der Waals surface area contributed by atoms with E-state index in [1.807, 2.05) is 6.92 Å². The summed E-state index contributed by atoms with van der Waals surface area (Å²) in [5.74, 6) is 0. The molecule has 1 unspecified atom stereocenters. The van der Waals surface area contributed by atoms with Crippen LogP contribution in [0.5, 0.6) is 0 Å². The van der Waals surface area contributed by atoms with Crippen LogP contribution in [0.3, 0.4) is 0 Å². The van der Waals surface area contributed by atoms with E-state index in [9.17, 15) is 10.1 Å². The molecule has 0 aliphatic heterocycles. The molecule has 0 aliphatic rings. The number of hydrogen-bond donors (Lipinski definition) is 2. The van der Waals surface area contributed by atoms with Crippen molar-refractivity contribution in [1.29, 1.82) is 0 Å². The van der Waals surface area contributed by atoms with Crippen LogP contribution >= 0.6 is 11.6 Å². The Morgan fingerprint density at radius 3 is 2.88 bits per heavy atom. The number of anilines is 1. The third-order valence-electron chi connectivity index (χ3n) is 2.07. The lowest BCUT2D eigenvalue weighted by Crippen LogP contribution is -2.19. The highest BCUT2D eigenvalue weighted by atomic mass is 35.5. The molecular formula is C10H14ClN3O2. The van der Waals surface area contributed by atoms with E-state index in [4.69, 9.17) is 17.3 Å². The number of nitrogens with two attached hydrogens (primary N) is 1. The zero-order valence-electron chi connectivity index (χ0n) is 8.94. The minimum absolute atomic E-state index is 0.0165. The van der Waals surface area contributed by atoms with Gasteiger partial charge in [0.2, 0.25) is 0 Å². The monoisotopic (exact) mass is 243 g/mol. The minimum Gasteiger partial charge on any atom is -0.379 e. The number of hydrogen-bond acceptors (Lipinski definition) is 4. The summed E-state index contributed by atoms with van der Waals surface area (Å²) < 4.78 is 0. The molecule has 6 heteroatoms.